The van der Waals surface area contributed by atoms with Crippen LogP contribution in [-0.2, 0) is 0 Å². The van der Waals surface area contributed by atoms with Crippen LogP contribution in [0, 0.1) is 0 Å². The first-order chi connectivity index (χ1) is 6.34. The van der Waals surface area contributed by atoms with Crippen molar-refractivity contribution < 1.29 is 0 Å². The number of hydrogen-bond donors (Lipinski definition) is 0. The molecule has 5 heteroatoms. The first-order valence-corrected chi connectivity index (χ1v) is 14.9. The van der Waals surface area contributed by atoms with E-state index < -0.39 is 19.1 Å². The van der Waals surface area contributed by atoms with Crippen LogP contribution in [-0.4, -0.2) is 46.2 Å². The van der Waals surface area contributed by atoms with Gasteiger partial charge in [-0.3, -0.25) is 0 Å². The van der Waals surface area contributed by atoms with Crippen molar-refractivity contribution in [2.24, 2.45) is 4.99 Å². The Bertz CT molecular complexity index is 199. The molecule has 0 aromatic rings. The van der Waals surface area contributed by atoms with E-state index in [1.807, 2.05) is 6.92 Å². The molecule has 0 spiro atoms. The molecular weight excluding hydrogens is 322 g/mol. The van der Waals surface area contributed by atoms with Gasteiger partial charge in [-0.25, -0.2) is 0 Å². The van der Waals surface area contributed by atoms with Gasteiger partial charge in [0.25, 0.3) is 0 Å². The van der Waals surface area contributed by atoms with Gasteiger partial charge in [-0.15, -0.1) is 0 Å². The van der Waals surface area contributed by atoms with E-state index in [0.717, 1.165) is 16.7 Å². The number of nitrogens with zero attached hydrogens (tertiary/aromatic N) is 2. The van der Waals surface area contributed by atoms with Gasteiger partial charge in [-0.2, -0.15) is 0 Å². The molecular formula is C9H19Cl2InN2. The Morgan fingerprint density at radius 2 is 1.79 bits per heavy atom. The molecule has 0 saturated carbocycles. The summed E-state index contributed by atoms with van der Waals surface area (Å²) in [6.07, 6.45) is 0. The summed E-state index contributed by atoms with van der Waals surface area (Å²) >= 11 is -2.53. The molecule has 14 heavy (non-hydrogen) atoms. The number of hydrogen-bond acceptors (Lipinski definition) is 1. The molecule has 0 heterocycles. The molecule has 0 aromatic heterocycles. The van der Waals surface area contributed by atoms with E-state index in [0.29, 0.717) is 0 Å². The van der Waals surface area contributed by atoms with Gasteiger partial charge in [-0.1, -0.05) is 0 Å². The second-order valence-electron chi connectivity index (χ2n) is 4.05. The van der Waals surface area contributed by atoms with Gasteiger partial charge in [0.1, 0.15) is 0 Å². The van der Waals surface area contributed by atoms with Crippen LogP contribution in [0.1, 0.15) is 34.6 Å². The van der Waals surface area contributed by atoms with Gasteiger partial charge in [-0.05, 0) is 0 Å². The zero-order chi connectivity index (χ0) is 11.4. The van der Waals surface area contributed by atoms with Crippen LogP contribution in [0.15, 0.2) is 4.99 Å². The fourth-order valence-electron chi connectivity index (χ4n) is 1.41. The molecule has 0 atom stereocenters. The first-order valence-electron chi connectivity index (χ1n) is 4.94. The fraction of sp³-hybridized carbons (Fsp3) is 0.889. The van der Waals surface area contributed by atoms with E-state index in [2.05, 4.69) is 37.6 Å². The van der Waals surface area contributed by atoms with Crippen LogP contribution < -0.4 is 0 Å². The second kappa shape index (κ2) is 6.49. The Hall–Kier alpha value is 0.920. The third-order valence-electron chi connectivity index (χ3n) is 1.92. The third-order valence-corrected chi connectivity index (χ3v) is 7.06. The average Bonchev–Trinajstić information content (AvgIpc) is 2.01. The van der Waals surface area contributed by atoms with Crippen LogP contribution in [0.2, 0.25) is 0 Å². The van der Waals surface area contributed by atoms with Gasteiger partial charge in [0.15, 0.2) is 0 Å². The predicted molar refractivity (Wildman–Crippen MR) is 67.6 cm³/mol. The minimum atomic E-state index is -2.53. The SMILES string of the molecule is CCN=[C](N(CC)C(C)(C)C)[In]([Cl])[Cl]. The van der Waals surface area contributed by atoms with Crippen molar-refractivity contribution in [2.75, 3.05) is 13.1 Å². The van der Waals surface area contributed by atoms with Crippen LogP contribution >= 0.6 is 17.2 Å². The van der Waals surface area contributed by atoms with E-state index in [9.17, 15) is 0 Å². The molecule has 0 aromatic carbocycles. The Labute approximate surface area is 102 Å². The van der Waals surface area contributed by atoms with Crippen molar-refractivity contribution in [2.45, 2.75) is 40.2 Å². The molecule has 0 aliphatic heterocycles. The van der Waals surface area contributed by atoms with Crippen LogP contribution in [0.3, 0.4) is 0 Å². The number of amidine groups is 1. The molecule has 0 amide bonds. The quantitative estimate of drug-likeness (QED) is 0.569. The summed E-state index contributed by atoms with van der Waals surface area (Å²) in [4.78, 5) is 6.65. The summed E-state index contributed by atoms with van der Waals surface area (Å²) in [6, 6.07) is 0. The van der Waals surface area contributed by atoms with Crippen molar-refractivity contribution >= 4 is 39.8 Å². The summed E-state index contributed by atoms with van der Waals surface area (Å²) in [6.45, 7) is 12.3. The summed E-state index contributed by atoms with van der Waals surface area (Å²) in [5.74, 6) is 0. The molecule has 0 unspecified atom stereocenters. The van der Waals surface area contributed by atoms with Crippen molar-refractivity contribution in [3.63, 3.8) is 0 Å². The van der Waals surface area contributed by atoms with Gasteiger partial charge < -0.3 is 0 Å². The van der Waals surface area contributed by atoms with Crippen molar-refractivity contribution in [1.82, 2.24) is 4.90 Å². The van der Waals surface area contributed by atoms with Gasteiger partial charge >= 0.3 is 103 Å². The molecule has 82 valence electrons. The molecule has 0 fully saturated rings. The van der Waals surface area contributed by atoms with E-state index in [-0.39, 0.29) is 5.54 Å². The molecule has 0 saturated heterocycles. The number of halogens is 2. The van der Waals surface area contributed by atoms with E-state index >= 15 is 0 Å². The number of aliphatic imine (C=N–C) groups is 1. The monoisotopic (exact) mass is 340 g/mol. The molecule has 0 bridgehead atoms. The van der Waals surface area contributed by atoms with Crippen LogP contribution in [0.5, 0.6) is 0 Å². The predicted octanol–water partition coefficient (Wildman–Crippen LogP) is 3.03. The van der Waals surface area contributed by atoms with Crippen molar-refractivity contribution in [1.29, 1.82) is 0 Å². The Balaban J connectivity index is 4.87. The zero-order valence-corrected chi connectivity index (χ0v) is 14.4. The van der Waals surface area contributed by atoms with Crippen molar-refractivity contribution in [3.8, 4) is 0 Å². The minimum absolute atomic E-state index is 0.0572. The third kappa shape index (κ3) is 4.63. The molecule has 0 aliphatic carbocycles. The van der Waals surface area contributed by atoms with Crippen molar-refractivity contribution in [3.05, 3.63) is 0 Å². The normalized spacial score (nSPS) is 12.9. The Morgan fingerprint density at radius 3 is 2.00 bits per heavy atom. The summed E-state index contributed by atoms with van der Waals surface area (Å²) in [7, 11) is 12.2. The molecule has 0 rings (SSSR count). The maximum absolute atomic E-state index is 6.11. The van der Waals surface area contributed by atoms with Gasteiger partial charge in [0.2, 0.25) is 0 Å². The topological polar surface area (TPSA) is 15.6 Å². The molecule has 0 aliphatic rings. The second-order valence-corrected chi connectivity index (χ2v) is 14.6. The molecule has 0 N–H and O–H groups in total. The van der Waals surface area contributed by atoms with E-state index in [1.54, 1.807) is 0 Å². The van der Waals surface area contributed by atoms with Gasteiger partial charge in [0, 0.05) is 0 Å². The zero-order valence-electron chi connectivity index (χ0n) is 9.64. The molecule has 0 radical (unpaired) electrons. The standard InChI is InChI=1S/C9H19N2.2ClH.In/c1-6-10-8-11(7-2)9(3,4)5;;;/h6-7H2,1-5H3;2*1H;/q;;;+2/p-2. The van der Waals surface area contributed by atoms with Gasteiger partial charge in [0.05, 0.1) is 0 Å². The van der Waals surface area contributed by atoms with E-state index in [4.69, 9.17) is 17.2 Å². The molecule has 2 nitrogen and oxygen atoms in total. The fourth-order valence-corrected chi connectivity index (χ4v) is 7.13. The first kappa shape index (κ1) is 14.9. The van der Waals surface area contributed by atoms with E-state index in [1.165, 1.54) is 0 Å². The maximum atomic E-state index is 6.11. The summed E-state index contributed by atoms with van der Waals surface area (Å²) in [5.41, 5.74) is 0.0572. The Kier molecular flexibility index (Phi) is 6.92. The van der Waals surface area contributed by atoms with Crippen LogP contribution in [0.25, 0.3) is 0 Å². The average molecular weight is 341 g/mol. The number of rotatable bonds is 3. The summed E-state index contributed by atoms with van der Waals surface area (Å²) < 4.78 is 0.979. The Morgan fingerprint density at radius 1 is 1.29 bits per heavy atom. The van der Waals surface area contributed by atoms with Crippen LogP contribution in [0.4, 0.5) is 0 Å². The summed E-state index contributed by atoms with van der Waals surface area (Å²) in [5, 5.41) is 0.